The maximum atomic E-state index is 11.2. The van der Waals surface area contributed by atoms with E-state index in [0.717, 1.165) is 25.7 Å². The van der Waals surface area contributed by atoms with Crippen LogP contribution in [0.3, 0.4) is 0 Å². The monoisotopic (exact) mass is 200 g/mol. The molecule has 0 heterocycles. The Kier molecular flexibility index (Phi) is 8.19. The topological polar surface area (TPSA) is 43.4 Å². The second kappa shape index (κ2) is 8.73. The first-order valence-corrected chi connectivity index (χ1v) is 5.38. The summed E-state index contributed by atoms with van der Waals surface area (Å²) >= 11 is 0. The van der Waals surface area contributed by atoms with Gasteiger partial charge in [-0.25, -0.2) is 0 Å². The third-order valence-electron chi connectivity index (χ3n) is 1.87. The molecule has 0 aromatic heterocycles. The van der Waals surface area contributed by atoms with Gasteiger partial charge < -0.3 is 4.74 Å². The van der Waals surface area contributed by atoms with Gasteiger partial charge in [0.1, 0.15) is 12.2 Å². The van der Waals surface area contributed by atoms with Gasteiger partial charge >= 0.3 is 5.97 Å². The highest BCUT2D eigenvalue weighted by atomic mass is 16.5. The number of hydrogen-bond donors (Lipinski definition) is 0. The zero-order chi connectivity index (χ0) is 10.8. The van der Waals surface area contributed by atoms with Crippen LogP contribution in [0.15, 0.2) is 0 Å². The van der Waals surface area contributed by atoms with E-state index >= 15 is 0 Å². The number of ketones is 1. The van der Waals surface area contributed by atoms with Crippen molar-refractivity contribution in [3.05, 3.63) is 0 Å². The minimum absolute atomic E-state index is 0.000414. The zero-order valence-electron chi connectivity index (χ0n) is 9.17. The predicted molar refractivity (Wildman–Crippen MR) is 55.0 cm³/mol. The van der Waals surface area contributed by atoms with Crippen LogP contribution in [-0.2, 0) is 14.3 Å². The highest BCUT2D eigenvalue weighted by Gasteiger charge is 2.09. The molecule has 82 valence electrons. The summed E-state index contributed by atoms with van der Waals surface area (Å²) in [4.78, 5) is 22.2. The van der Waals surface area contributed by atoms with Crippen LogP contribution < -0.4 is 0 Å². The fraction of sp³-hybridized carbons (Fsp3) is 0.818. The highest BCUT2D eigenvalue weighted by Crippen LogP contribution is 2.02. The van der Waals surface area contributed by atoms with E-state index in [1.54, 1.807) is 0 Å². The fourth-order valence-corrected chi connectivity index (χ4v) is 1.09. The van der Waals surface area contributed by atoms with Gasteiger partial charge in [-0.05, 0) is 12.8 Å². The summed E-state index contributed by atoms with van der Waals surface area (Å²) in [5.41, 5.74) is 0. The van der Waals surface area contributed by atoms with E-state index in [0.29, 0.717) is 13.0 Å². The summed E-state index contributed by atoms with van der Waals surface area (Å²) in [6.07, 6.45) is 4.29. The fourth-order valence-electron chi connectivity index (χ4n) is 1.09. The maximum Gasteiger partial charge on any atom is 0.313 e. The molecule has 0 spiro atoms. The van der Waals surface area contributed by atoms with E-state index in [4.69, 9.17) is 4.74 Å². The standard InChI is InChI=1S/C11H20O3/c1-3-5-6-7-10(12)9-11(13)14-8-4-2/h3-9H2,1-2H3. The van der Waals surface area contributed by atoms with Gasteiger partial charge in [0.15, 0.2) is 0 Å². The van der Waals surface area contributed by atoms with Crippen molar-refractivity contribution < 1.29 is 14.3 Å². The van der Waals surface area contributed by atoms with Gasteiger partial charge in [0.25, 0.3) is 0 Å². The highest BCUT2D eigenvalue weighted by molar-refractivity contribution is 5.95. The first kappa shape index (κ1) is 13.1. The minimum atomic E-state index is -0.381. The molecule has 0 aliphatic rings. The molecule has 0 amide bonds. The normalized spacial score (nSPS) is 9.86. The summed E-state index contributed by atoms with van der Waals surface area (Å²) in [5, 5.41) is 0. The molecule has 0 aromatic rings. The van der Waals surface area contributed by atoms with Crippen molar-refractivity contribution in [3.8, 4) is 0 Å². The summed E-state index contributed by atoms with van der Waals surface area (Å²) < 4.78 is 4.81. The number of Topliss-reactive ketones (excluding diaryl/α,β-unsaturated/α-hetero) is 1. The molecule has 14 heavy (non-hydrogen) atoms. The number of esters is 1. The molecule has 3 nitrogen and oxygen atoms in total. The third-order valence-corrected chi connectivity index (χ3v) is 1.87. The Bertz CT molecular complexity index is 175. The van der Waals surface area contributed by atoms with Crippen molar-refractivity contribution in [2.24, 2.45) is 0 Å². The van der Waals surface area contributed by atoms with Crippen molar-refractivity contribution in [2.75, 3.05) is 6.61 Å². The molecule has 0 radical (unpaired) electrons. The molecule has 0 atom stereocenters. The van der Waals surface area contributed by atoms with Crippen LogP contribution >= 0.6 is 0 Å². The van der Waals surface area contributed by atoms with Gasteiger partial charge in [-0.2, -0.15) is 0 Å². The van der Waals surface area contributed by atoms with E-state index in [1.165, 1.54) is 0 Å². The van der Waals surface area contributed by atoms with E-state index < -0.39 is 0 Å². The number of ether oxygens (including phenoxy) is 1. The van der Waals surface area contributed by atoms with Crippen LogP contribution in [-0.4, -0.2) is 18.4 Å². The lowest BCUT2D eigenvalue weighted by Gasteiger charge is -2.02. The lowest BCUT2D eigenvalue weighted by molar-refractivity contribution is -0.146. The second-order valence-corrected chi connectivity index (χ2v) is 3.39. The molecule has 0 aliphatic carbocycles. The van der Waals surface area contributed by atoms with Crippen molar-refractivity contribution in [3.63, 3.8) is 0 Å². The molecule has 0 bridgehead atoms. The maximum absolute atomic E-state index is 11.2. The number of carbonyl (C=O) groups is 2. The molecule has 0 rings (SSSR count). The van der Waals surface area contributed by atoms with Gasteiger partial charge in [-0.3, -0.25) is 9.59 Å². The summed E-state index contributed by atoms with van der Waals surface area (Å²) in [5.74, 6) is -0.382. The van der Waals surface area contributed by atoms with Crippen LogP contribution in [0.5, 0.6) is 0 Å². The molecule has 0 saturated carbocycles. The SMILES string of the molecule is CCCCCC(=O)CC(=O)OCCC. The Balaban J connectivity index is 3.45. The van der Waals surface area contributed by atoms with Gasteiger partial charge in [0.05, 0.1) is 6.61 Å². The summed E-state index contributed by atoms with van der Waals surface area (Å²) in [6, 6.07) is 0. The average Bonchev–Trinajstić information content (AvgIpc) is 2.15. The second-order valence-electron chi connectivity index (χ2n) is 3.39. The van der Waals surface area contributed by atoms with Gasteiger partial charge in [0, 0.05) is 6.42 Å². The molecule has 0 saturated heterocycles. The average molecular weight is 200 g/mol. The number of rotatable bonds is 8. The number of carbonyl (C=O) groups excluding carboxylic acids is 2. The van der Waals surface area contributed by atoms with Crippen LogP contribution in [0.1, 0.15) is 52.4 Å². The van der Waals surface area contributed by atoms with E-state index in [2.05, 4.69) is 6.92 Å². The van der Waals surface area contributed by atoms with E-state index in [-0.39, 0.29) is 18.2 Å². The first-order valence-electron chi connectivity index (χ1n) is 5.38. The van der Waals surface area contributed by atoms with E-state index in [9.17, 15) is 9.59 Å². The Morgan fingerprint density at radius 3 is 2.36 bits per heavy atom. The smallest absolute Gasteiger partial charge is 0.313 e. The van der Waals surface area contributed by atoms with Crippen molar-refractivity contribution >= 4 is 11.8 Å². The molecule has 0 aromatic carbocycles. The molecule has 0 fully saturated rings. The number of unbranched alkanes of at least 4 members (excludes halogenated alkanes) is 2. The van der Waals surface area contributed by atoms with Crippen LogP contribution in [0.25, 0.3) is 0 Å². The van der Waals surface area contributed by atoms with Crippen molar-refractivity contribution in [1.82, 2.24) is 0 Å². The lowest BCUT2D eigenvalue weighted by atomic mass is 10.1. The van der Waals surface area contributed by atoms with Crippen molar-refractivity contribution in [1.29, 1.82) is 0 Å². The molecular formula is C11H20O3. The molecule has 0 unspecified atom stereocenters. The van der Waals surface area contributed by atoms with Crippen LogP contribution in [0.4, 0.5) is 0 Å². The Hall–Kier alpha value is -0.860. The first-order chi connectivity index (χ1) is 6.70. The Labute approximate surface area is 85.8 Å². The van der Waals surface area contributed by atoms with E-state index in [1.807, 2.05) is 6.92 Å². The van der Waals surface area contributed by atoms with Crippen LogP contribution in [0, 0.1) is 0 Å². The molecular weight excluding hydrogens is 180 g/mol. The summed E-state index contributed by atoms with van der Waals surface area (Å²) in [7, 11) is 0. The molecule has 3 heteroatoms. The molecule has 0 N–H and O–H groups in total. The van der Waals surface area contributed by atoms with Gasteiger partial charge in [-0.15, -0.1) is 0 Å². The Morgan fingerprint density at radius 2 is 1.79 bits per heavy atom. The van der Waals surface area contributed by atoms with Gasteiger partial charge in [0.2, 0.25) is 0 Å². The molecule has 0 aliphatic heterocycles. The zero-order valence-corrected chi connectivity index (χ0v) is 9.17. The van der Waals surface area contributed by atoms with Crippen LogP contribution in [0.2, 0.25) is 0 Å². The number of hydrogen-bond acceptors (Lipinski definition) is 3. The van der Waals surface area contributed by atoms with Gasteiger partial charge in [-0.1, -0.05) is 26.7 Å². The lowest BCUT2D eigenvalue weighted by Crippen LogP contribution is -2.11. The quantitative estimate of drug-likeness (QED) is 0.343. The summed E-state index contributed by atoms with van der Waals surface area (Å²) in [6.45, 7) is 4.43. The largest absolute Gasteiger partial charge is 0.465 e. The minimum Gasteiger partial charge on any atom is -0.465 e. The predicted octanol–water partition coefficient (Wildman–Crippen LogP) is 2.48. The third kappa shape index (κ3) is 7.77. The van der Waals surface area contributed by atoms with Crippen molar-refractivity contribution in [2.45, 2.75) is 52.4 Å². The Morgan fingerprint density at radius 1 is 1.07 bits per heavy atom.